The van der Waals surface area contributed by atoms with Crippen molar-refractivity contribution in [2.45, 2.75) is 76.7 Å². The van der Waals surface area contributed by atoms with Crippen molar-refractivity contribution in [1.29, 1.82) is 5.26 Å². The van der Waals surface area contributed by atoms with Crippen molar-refractivity contribution in [2.75, 3.05) is 6.54 Å². The van der Waals surface area contributed by atoms with Crippen molar-refractivity contribution in [3.63, 3.8) is 0 Å². The van der Waals surface area contributed by atoms with Crippen molar-refractivity contribution in [3.05, 3.63) is 65.7 Å². The fraction of sp³-hybridized carbons (Fsp3) is 0.483. The number of amides is 2. The number of hydrogen-bond acceptors (Lipinski definition) is 4. The Bertz CT molecular complexity index is 1130. The van der Waals surface area contributed by atoms with Gasteiger partial charge in [-0.2, -0.15) is 5.26 Å². The number of benzene rings is 2. The lowest BCUT2D eigenvalue weighted by atomic mass is 9.69. The standard InChI is InChI=1S/C29H34F3N3O3/c1-21(2)28(20-33,23-11-4-3-5-12-23)16-7-6-15-26(36)35-17-9-14-25(35)27(37)34-19-22-10-8-13-24(18-22)38-29(30,31)32/h3-5,8,10-13,18,21,25H,6-7,9,14-17,19H2,1-2H3,(H,34,37)/t25-,28+/m1/s1. The molecule has 0 bridgehead atoms. The fourth-order valence-electron chi connectivity index (χ4n) is 5.07. The van der Waals surface area contributed by atoms with Gasteiger partial charge in [-0.05, 0) is 54.9 Å². The van der Waals surface area contributed by atoms with E-state index in [-0.39, 0.29) is 36.4 Å². The molecule has 0 aromatic heterocycles. The van der Waals surface area contributed by atoms with Crippen molar-refractivity contribution >= 4 is 11.8 Å². The third kappa shape index (κ3) is 7.50. The van der Waals surface area contributed by atoms with Gasteiger partial charge < -0.3 is 15.0 Å². The Morgan fingerprint density at radius 2 is 1.87 bits per heavy atom. The summed E-state index contributed by atoms with van der Waals surface area (Å²) in [6.45, 7) is 4.59. The highest BCUT2D eigenvalue weighted by molar-refractivity contribution is 5.88. The molecule has 0 aliphatic carbocycles. The molecule has 1 N–H and O–H groups in total. The van der Waals surface area contributed by atoms with E-state index in [9.17, 15) is 28.0 Å². The normalized spacial score (nSPS) is 17.1. The summed E-state index contributed by atoms with van der Waals surface area (Å²) in [5.74, 6) is -0.675. The summed E-state index contributed by atoms with van der Waals surface area (Å²) in [5, 5.41) is 12.8. The molecule has 6 nitrogen and oxygen atoms in total. The number of alkyl halides is 3. The van der Waals surface area contributed by atoms with Gasteiger partial charge in [0.2, 0.25) is 11.8 Å². The van der Waals surface area contributed by atoms with Gasteiger partial charge in [-0.15, -0.1) is 13.2 Å². The van der Waals surface area contributed by atoms with E-state index in [1.165, 1.54) is 18.2 Å². The summed E-state index contributed by atoms with van der Waals surface area (Å²) in [6, 6.07) is 17.1. The van der Waals surface area contributed by atoms with Gasteiger partial charge in [0.25, 0.3) is 0 Å². The number of likely N-dealkylation sites (tertiary alicyclic amines) is 1. The second-order valence-electron chi connectivity index (χ2n) is 9.97. The van der Waals surface area contributed by atoms with Gasteiger partial charge in [0.1, 0.15) is 11.8 Å². The lowest BCUT2D eigenvalue weighted by Gasteiger charge is -2.31. The molecule has 0 radical (unpaired) electrons. The van der Waals surface area contributed by atoms with Crippen LogP contribution in [0.3, 0.4) is 0 Å². The van der Waals surface area contributed by atoms with Crippen molar-refractivity contribution < 1.29 is 27.5 Å². The number of rotatable bonds is 11. The van der Waals surface area contributed by atoms with Crippen LogP contribution in [0.15, 0.2) is 54.6 Å². The number of nitrogens with one attached hydrogen (secondary N) is 1. The van der Waals surface area contributed by atoms with E-state index in [0.29, 0.717) is 44.2 Å². The van der Waals surface area contributed by atoms with Crippen LogP contribution in [0.25, 0.3) is 0 Å². The Kier molecular flexibility index (Phi) is 9.78. The zero-order chi connectivity index (χ0) is 27.8. The molecule has 1 saturated heterocycles. The van der Waals surface area contributed by atoms with E-state index in [1.807, 2.05) is 44.2 Å². The first kappa shape index (κ1) is 29.0. The molecule has 0 spiro atoms. The van der Waals surface area contributed by atoms with Crippen LogP contribution in [0.4, 0.5) is 13.2 Å². The third-order valence-corrected chi connectivity index (χ3v) is 7.16. The second kappa shape index (κ2) is 12.8. The number of halogens is 3. The van der Waals surface area contributed by atoms with Crippen LogP contribution in [-0.2, 0) is 21.5 Å². The van der Waals surface area contributed by atoms with Crippen LogP contribution in [0.2, 0.25) is 0 Å². The monoisotopic (exact) mass is 529 g/mol. The van der Waals surface area contributed by atoms with Crippen LogP contribution in [-0.4, -0.2) is 35.7 Å². The quantitative estimate of drug-likeness (QED) is 0.369. The molecule has 2 amide bonds. The molecule has 3 rings (SSSR count). The SMILES string of the molecule is CC(C)[C@@](C#N)(CCCCC(=O)N1CCC[C@@H]1C(=O)NCc1cccc(OC(F)(F)F)c1)c1ccccc1. The van der Waals surface area contributed by atoms with Crippen LogP contribution < -0.4 is 10.1 Å². The fourth-order valence-corrected chi connectivity index (χ4v) is 5.07. The summed E-state index contributed by atoms with van der Waals surface area (Å²) in [6.07, 6.45) is -1.31. The highest BCUT2D eigenvalue weighted by atomic mass is 19.4. The van der Waals surface area contributed by atoms with Gasteiger partial charge in [-0.3, -0.25) is 9.59 Å². The molecule has 38 heavy (non-hydrogen) atoms. The van der Waals surface area contributed by atoms with Crippen LogP contribution in [0.5, 0.6) is 5.75 Å². The van der Waals surface area contributed by atoms with E-state index >= 15 is 0 Å². The molecule has 0 unspecified atom stereocenters. The van der Waals surface area contributed by atoms with Crippen LogP contribution in [0, 0.1) is 17.2 Å². The zero-order valence-corrected chi connectivity index (χ0v) is 21.8. The molecular formula is C29H34F3N3O3. The largest absolute Gasteiger partial charge is 0.573 e. The van der Waals surface area contributed by atoms with Crippen molar-refractivity contribution in [1.82, 2.24) is 10.2 Å². The molecule has 1 aliphatic heterocycles. The zero-order valence-electron chi connectivity index (χ0n) is 21.8. The van der Waals surface area contributed by atoms with Gasteiger partial charge in [-0.25, -0.2) is 0 Å². The minimum atomic E-state index is -4.79. The maximum absolute atomic E-state index is 13.0. The maximum atomic E-state index is 13.0. The number of hydrogen-bond donors (Lipinski definition) is 1. The molecule has 1 aliphatic rings. The third-order valence-electron chi connectivity index (χ3n) is 7.16. The van der Waals surface area contributed by atoms with E-state index < -0.39 is 17.8 Å². The number of carbonyl (C=O) groups excluding carboxylic acids is 2. The molecule has 1 fully saturated rings. The second-order valence-corrected chi connectivity index (χ2v) is 9.97. The first-order chi connectivity index (χ1) is 18.1. The molecule has 9 heteroatoms. The summed E-state index contributed by atoms with van der Waals surface area (Å²) in [4.78, 5) is 27.4. The van der Waals surface area contributed by atoms with E-state index in [2.05, 4.69) is 16.1 Å². The molecule has 2 atom stereocenters. The smallest absolute Gasteiger partial charge is 0.406 e. The average Bonchev–Trinajstić information content (AvgIpc) is 3.37. The molecule has 2 aromatic carbocycles. The molecule has 2 aromatic rings. The topological polar surface area (TPSA) is 82.4 Å². The van der Waals surface area contributed by atoms with E-state index in [0.717, 1.165) is 5.56 Å². The number of unbranched alkanes of at least 4 members (excludes halogenated alkanes) is 1. The van der Waals surface area contributed by atoms with E-state index in [4.69, 9.17) is 0 Å². The molecule has 204 valence electrons. The number of ether oxygens (including phenoxy) is 1. The summed E-state index contributed by atoms with van der Waals surface area (Å²) in [5.41, 5.74) is 0.819. The van der Waals surface area contributed by atoms with Gasteiger partial charge in [0.05, 0.1) is 11.5 Å². The average molecular weight is 530 g/mol. The maximum Gasteiger partial charge on any atom is 0.573 e. The van der Waals surface area contributed by atoms with Gasteiger partial charge in [0.15, 0.2) is 0 Å². The number of carbonyl (C=O) groups is 2. The van der Waals surface area contributed by atoms with Gasteiger partial charge in [-0.1, -0.05) is 62.7 Å². The predicted molar refractivity (Wildman–Crippen MR) is 137 cm³/mol. The highest BCUT2D eigenvalue weighted by Gasteiger charge is 2.36. The number of nitrogens with zero attached hydrogens (tertiary/aromatic N) is 2. The first-order valence-corrected chi connectivity index (χ1v) is 12.9. The molecular weight excluding hydrogens is 495 g/mol. The predicted octanol–water partition coefficient (Wildman–Crippen LogP) is 5.87. The van der Waals surface area contributed by atoms with Crippen LogP contribution in [0.1, 0.15) is 63.5 Å². The molecule has 0 saturated carbocycles. The Labute approximate surface area is 221 Å². The van der Waals surface area contributed by atoms with Crippen molar-refractivity contribution in [2.24, 2.45) is 5.92 Å². The minimum absolute atomic E-state index is 0.0252. The Morgan fingerprint density at radius 3 is 2.53 bits per heavy atom. The summed E-state index contributed by atoms with van der Waals surface area (Å²) < 4.78 is 41.3. The lowest BCUT2D eigenvalue weighted by Crippen LogP contribution is -2.45. The van der Waals surface area contributed by atoms with Gasteiger partial charge in [0, 0.05) is 19.5 Å². The summed E-state index contributed by atoms with van der Waals surface area (Å²) in [7, 11) is 0. The summed E-state index contributed by atoms with van der Waals surface area (Å²) >= 11 is 0. The van der Waals surface area contributed by atoms with Gasteiger partial charge >= 0.3 is 6.36 Å². The first-order valence-electron chi connectivity index (χ1n) is 12.9. The van der Waals surface area contributed by atoms with E-state index in [1.54, 1.807) is 11.0 Å². The number of nitriles is 1. The Balaban J connectivity index is 1.51. The molecule has 1 heterocycles. The van der Waals surface area contributed by atoms with Crippen molar-refractivity contribution in [3.8, 4) is 11.8 Å². The Morgan fingerprint density at radius 1 is 1.13 bits per heavy atom. The Hall–Kier alpha value is -3.54. The lowest BCUT2D eigenvalue weighted by molar-refractivity contribution is -0.274. The highest BCUT2D eigenvalue weighted by Crippen LogP contribution is 2.37. The minimum Gasteiger partial charge on any atom is -0.406 e. The van der Waals surface area contributed by atoms with Crippen LogP contribution >= 0.6 is 0 Å².